The third kappa shape index (κ3) is 5.97. The van der Waals surface area contributed by atoms with Crippen LogP contribution in [0.1, 0.15) is 58.1 Å². The number of esters is 2. The van der Waals surface area contributed by atoms with E-state index in [0.29, 0.717) is 11.5 Å². The van der Waals surface area contributed by atoms with Crippen LogP contribution in [0.5, 0.6) is 0 Å². The van der Waals surface area contributed by atoms with Gasteiger partial charge in [-0.15, -0.1) is 5.06 Å². The number of amides is 2. The smallest absolute Gasteiger partial charge is 0.378 e. The van der Waals surface area contributed by atoms with Crippen LogP contribution in [0.15, 0.2) is 30.3 Å². The van der Waals surface area contributed by atoms with E-state index in [-0.39, 0.29) is 25.0 Å². The van der Waals surface area contributed by atoms with Crippen molar-refractivity contribution in [1.82, 2.24) is 5.06 Å². The summed E-state index contributed by atoms with van der Waals surface area (Å²) in [4.78, 5) is 67.0. The normalized spacial score (nSPS) is 22.4. The molecule has 2 fully saturated rings. The predicted molar refractivity (Wildman–Crippen MR) is 112 cm³/mol. The molecule has 1 aromatic rings. The molecule has 0 N–H and O–H groups in total. The molecule has 3 rings (SSSR count). The zero-order valence-electron chi connectivity index (χ0n) is 19.2. The minimum absolute atomic E-state index is 0.0912. The fraction of sp³-hybridized carbons (Fsp3) is 0.522. The summed E-state index contributed by atoms with van der Waals surface area (Å²) < 4.78 is 21.7. The van der Waals surface area contributed by atoms with E-state index >= 15 is 0 Å². The number of hydroxylamine groups is 2. The lowest BCUT2D eigenvalue weighted by atomic mass is 10.1. The van der Waals surface area contributed by atoms with Gasteiger partial charge < -0.3 is 23.8 Å². The monoisotopic (exact) mass is 477 g/mol. The highest BCUT2D eigenvalue weighted by atomic mass is 16.8. The van der Waals surface area contributed by atoms with Crippen molar-refractivity contribution in [3.8, 4) is 0 Å². The second kappa shape index (κ2) is 10.7. The fourth-order valence-electron chi connectivity index (χ4n) is 3.36. The summed E-state index contributed by atoms with van der Waals surface area (Å²) in [6.45, 7) is 5.10. The average molecular weight is 477 g/mol. The molecular weight excluding hydrogens is 450 g/mol. The van der Waals surface area contributed by atoms with Gasteiger partial charge in [0.1, 0.15) is 0 Å². The Labute approximate surface area is 196 Å². The number of hydrogen-bond donors (Lipinski definition) is 0. The Morgan fingerprint density at radius 3 is 2.21 bits per heavy atom. The molecular formula is C23H27NO10. The van der Waals surface area contributed by atoms with Crippen LogP contribution in [-0.2, 0) is 47.8 Å². The predicted octanol–water partition coefficient (Wildman–Crippen LogP) is 1.74. The van der Waals surface area contributed by atoms with E-state index in [0.717, 1.165) is 6.42 Å². The third-order valence-electron chi connectivity index (χ3n) is 5.04. The van der Waals surface area contributed by atoms with E-state index in [1.807, 2.05) is 6.92 Å². The molecule has 2 saturated heterocycles. The molecule has 2 heterocycles. The number of carbonyl (C=O) groups excluding carboxylic acids is 5. The highest BCUT2D eigenvalue weighted by Gasteiger charge is 2.51. The van der Waals surface area contributed by atoms with Crippen molar-refractivity contribution in [2.75, 3.05) is 6.61 Å². The highest BCUT2D eigenvalue weighted by Crippen LogP contribution is 2.32. The molecule has 3 atom stereocenters. The molecule has 0 aromatic heterocycles. The van der Waals surface area contributed by atoms with E-state index < -0.39 is 53.8 Å². The molecule has 11 nitrogen and oxygen atoms in total. The maximum Gasteiger partial charge on any atom is 0.378 e. The lowest BCUT2D eigenvalue weighted by Gasteiger charge is -2.22. The van der Waals surface area contributed by atoms with E-state index in [4.69, 9.17) is 23.8 Å². The molecule has 11 heteroatoms. The number of carbonyl (C=O) groups is 5. The zero-order valence-corrected chi connectivity index (χ0v) is 19.2. The number of unbranched alkanes of at least 4 members (excludes halogenated alkanes) is 1. The number of nitrogens with zero attached hydrogens (tertiary/aromatic N) is 1. The van der Waals surface area contributed by atoms with Crippen molar-refractivity contribution >= 4 is 29.7 Å². The molecule has 0 spiro atoms. The lowest BCUT2D eigenvalue weighted by molar-refractivity contribution is -0.208. The first kappa shape index (κ1) is 25.3. The van der Waals surface area contributed by atoms with Gasteiger partial charge in [-0.3, -0.25) is 9.59 Å². The van der Waals surface area contributed by atoms with Gasteiger partial charge in [0.15, 0.2) is 18.0 Å². The van der Waals surface area contributed by atoms with Crippen LogP contribution < -0.4 is 0 Å². The van der Waals surface area contributed by atoms with Gasteiger partial charge in [0.05, 0.1) is 6.61 Å². The van der Waals surface area contributed by atoms with E-state index in [9.17, 15) is 24.0 Å². The summed E-state index contributed by atoms with van der Waals surface area (Å²) in [6.07, 6.45) is -3.31. The van der Waals surface area contributed by atoms with Crippen molar-refractivity contribution in [2.24, 2.45) is 0 Å². The van der Waals surface area contributed by atoms with Gasteiger partial charge in [-0.25, -0.2) is 14.4 Å². The standard InChI is InChI=1S/C23H27NO10/c1-4-5-13-30-20(27)18-19(33-23(2,3)32-18)21(28)31-17(14-9-7-6-8-10-14)22(29)34-24-15(25)11-12-16(24)26/h6-10,17-19H,4-5,11-13H2,1-3H3/t17-,18+,19+/m0/s1. The van der Waals surface area contributed by atoms with Gasteiger partial charge in [-0.2, -0.15) is 0 Å². The van der Waals surface area contributed by atoms with Crippen molar-refractivity contribution in [1.29, 1.82) is 0 Å². The summed E-state index contributed by atoms with van der Waals surface area (Å²) in [6, 6.07) is 7.88. The number of ether oxygens (including phenoxy) is 4. The summed E-state index contributed by atoms with van der Waals surface area (Å²) in [5.41, 5.74) is 0.222. The number of imide groups is 1. The summed E-state index contributed by atoms with van der Waals surface area (Å²) >= 11 is 0. The molecule has 2 amide bonds. The minimum atomic E-state index is -1.64. The summed E-state index contributed by atoms with van der Waals surface area (Å²) in [5.74, 6) is -5.69. The maximum absolute atomic E-state index is 13.0. The van der Waals surface area contributed by atoms with Crippen LogP contribution in [0.2, 0.25) is 0 Å². The van der Waals surface area contributed by atoms with Gasteiger partial charge >= 0.3 is 17.9 Å². The first-order valence-electron chi connectivity index (χ1n) is 11.0. The van der Waals surface area contributed by atoms with Crippen LogP contribution in [0.4, 0.5) is 0 Å². The maximum atomic E-state index is 13.0. The van der Waals surface area contributed by atoms with Crippen molar-refractivity contribution in [2.45, 2.75) is 70.6 Å². The second-order valence-corrected chi connectivity index (χ2v) is 8.22. The number of benzene rings is 1. The van der Waals surface area contributed by atoms with E-state index in [2.05, 4.69) is 0 Å². The first-order valence-corrected chi connectivity index (χ1v) is 11.0. The topological polar surface area (TPSA) is 135 Å². The molecule has 0 unspecified atom stereocenters. The minimum Gasteiger partial charge on any atom is -0.464 e. The fourth-order valence-corrected chi connectivity index (χ4v) is 3.36. The molecule has 2 aliphatic heterocycles. The zero-order chi connectivity index (χ0) is 24.9. The largest absolute Gasteiger partial charge is 0.464 e. The molecule has 0 bridgehead atoms. The van der Waals surface area contributed by atoms with Gasteiger partial charge in [0.25, 0.3) is 11.8 Å². The molecule has 2 aliphatic rings. The van der Waals surface area contributed by atoms with Gasteiger partial charge in [0.2, 0.25) is 6.10 Å². The summed E-state index contributed by atoms with van der Waals surface area (Å²) in [5, 5.41) is 0.359. The van der Waals surface area contributed by atoms with Gasteiger partial charge in [-0.1, -0.05) is 43.7 Å². The number of rotatable bonds is 9. The molecule has 184 valence electrons. The molecule has 0 radical (unpaired) electrons. The van der Waals surface area contributed by atoms with Gasteiger partial charge in [0, 0.05) is 18.4 Å². The quantitative estimate of drug-likeness (QED) is 0.294. The lowest BCUT2D eigenvalue weighted by Crippen LogP contribution is -2.41. The Kier molecular flexibility index (Phi) is 8.00. The van der Waals surface area contributed by atoms with Crippen molar-refractivity contribution in [3.05, 3.63) is 35.9 Å². The Morgan fingerprint density at radius 1 is 1.03 bits per heavy atom. The summed E-state index contributed by atoms with van der Waals surface area (Å²) in [7, 11) is 0. The Hall–Kier alpha value is -3.31. The second-order valence-electron chi connectivity index (χ2n) is 8.22. The van der Waals surface area contributed by atoms with E-state index in [1.165, 1.54) is 26.0 Å². The number of hydrogen-bond acceptors (Lipinski definition) is 10. The average Bonchev–Trinajstić information content (AvgIpc) is 3.31. The Morgan fingerprint density at radius 2 is 1.62 bits per heavy atom. The van der Waals surface area contributed by atoms with Crippen molar-refractivity contribution in [3.63, 3.8) is 0 Å². The molecule has 0 saturated carbocycles. The van der Waals surface area contributed by atoms with E-state index in [1.54, 1.807) is 18.2 Å². The highest BCUT2D eigenvalue weighted by molar-refractivity contribution is 6.02. The van der Waals surface area contributed by atoms with Crippen LogP contribution in [0.25, 0.3) is 0 Å². The Balaban J connectivity index is 1.78. The SMILES string of the molecule is CCCCOC(=O)[C@@H]1OC(C)(C)O[C@H]1C(=O)O[C@H](C(=O)ON1C(=O)CCC1=O)c1ccccc1. The third-order valence-corrected chi connectivity index (χ3v) is 5.04. The van der Waals surface area contributed by atoms with Crippen LogP contribution in [-0.4, -0.2) is 59.4 Å². The first-order chi connectivity index (χ1) is 16.1. The van der Waals surface area contributed by atoms with Crippen molar-refractivity contribution < 1.29 is 47.8 Å². The molecule has 1 aromatic carbocycles. The molecule has 0 aliphatic carbocycles. The van der Waals surface area contributed by atoms with Crippen LogP contribution in [0.3, 0.4) is 0 Å². The Bertz CT molecular complexity index is 928. The molecule has 34 heavy (non-hydrogen) atoms. The van der Waals surface area contributed by atoms with Crippen LogP contribution in [0, 0.1) is 0 Å². The van der Waals surface area contributed by atoms with Crippen LogP contribution >= 0.6 is 0 Å². The van der Waals surface area contributed by atoms with Gasteiger partial charge in [-0.05, 0) is 20.3 Å².